The van der Waals surface area contributed by atoms with E-state index in [-0.39, 0.29) is 0 Å². The fraction of sp³-hybridized carbons (Fsp3) is 0. The second-order valence-corrected chi connectivity index (χ2v) is 2.09. The standard InChI is InChI=1S/C7H5BN2/c1-2-4-7-6(3-1)5-8-10-9-7/h1-5H. The van der Waals surface area contributed by atoms with Gasteiger partial charge in [0.05, 0.1) is 0 Å². The number of benzene rings is 1. The van der Waals surface area contributed by atoms with Crippen molar-refractivity contribution in [1.29, 1.82) is 0 Å². The Morgan fingerprint density at radius 2 is 2.10 bits per heavy atom. The maximum absolute atomic E-state index is 3.93. The Bertz CT molecular complexity index is 283. The molecule has 0 saturated carbocycles. The number of hydrogen-bond donors (Lipinski definition) is 0. The van der Waals surface area contributed by atoms with Crippen LogP contribution >= 0.6 is 0 Å². The van der Waals surface area contributed by atoms with E-state index in [4.69, 9.17) is 0 Å². The predicted octanol–water partition coefficient (Wildman–Crippen LogP) is 0.968. The van der Waals surface area contributed by atoms with Gasteiger partial charge in [-0.2, -0.15) is 0 Å². The zero-order chi connectivity index (χ0) is 6.81. The van der Waals surface area contributed by atoms with E-state index in [0.717, 1.165) is 10.9 Å². The number of aromatic nitrogens is 2. The average molecular weight is 128 g/mol. The summed E-state index contributed by atoms with van der Waals surface area (Å²) in [6.07, 6.45) is 0. The van der Waals surface area contributed by atoms with E-state index in [2.05, 4.69) is 10.1 Å². The van der Waals surface area contributed by atoms with Gasteiger partial charge in [-0.3, -0.25) is 0 Å². The van der Waals surface area contributed by atoms with Gasteiger partial charge in [0.2, 0.25) is 0 Å². The zero-order valence-electron chi connectivity index (χ0n) is 5.36. The molecule has 10 heavy (non-hydrogen) atoms. The van der Waals surface area contributed by atoms with Crippen LogP contribution in [0.5, 0.6) is 0 Å². The van der Waals surface area contributed by atoms with E-state index in [1.807, 2.05) is 30.2 Å². The molecule has 0 amide bonds. The normalized spacial score (nSPS) is 9.60. The van der Waals surface area contributed by atoms with Gasteiger partial charge >= 0.3 is 58.3 Å². The molecule has 46 valence electrons. The van der Waals surface area contributed by atoms with Gasteiger partial charge in [0.25, 0.3) is 0 Å². The van der Waals surface area contributed by atoms with Crippen LogP contribution in [0, 0.1) is 0 Å². The molecule has 0 unspecified atom stereocenters. The van der Waals surface area contributed by atoms with Gasteiger partial charge in [-0.15, -0.1) is 0 Å². The number of rotatable bonds is 0. The fourth-order valence-electron chi connectivity index (χ4n) is 0.929. The topological polar surface area (TPSA) is 25.8 Å². The van der Waals surface area contributed by atoms with Gasteiger partial charge in [-0.05, 0) is 0 Å². The van der Waals surface area contributed by atoms with Crippen molar-refractivity contribution in [1.82, 2.24) is 10.1 Å². The summed E-state index contributed by atoms with van der Waals surface area (Å²) in [6.45, 7) is 0. The van der Waals surface area contributed by atoms with Crippen molar-refractivity contribution in [3.05, 3.63) is 30.2 Å². The van der Waals surface area contributed by atoms with Crippen LogP contribution in [0.3, 0.4) is 0 Å². The fourth-order valence-corrected chi connectivity index (χ4v) is 0.929. The third-order valence-electron chi connectivity index (χ3n) is 1.42. The summed E-state index contributed by atoms with van der Waals surface area (Å²) in [5.74, 6) is 1.95. The molecule has 0 spiro atoms. The van der Waals surface area contributed by atoms with Crippen LogP contribution in [0.15, 0.2) is 30.2 Å². The molecule has 1 aromatic carbocycles. The Morgan fingerprint density at radius 3 is 3.00 bits per heavy atom. The van der Waals surface area contributed by atoms with E-state index in [1.165, 1.54) is 0 Å². The van der Waals surface area contributed by atoms with Crippen LogP contribution in [-0.4, -0.2) is 17.2 Å². The van der Waals surface area contributed by atoms with Crippen LogP contribution in [0.2, 0.25) is 0 Å². The SMILES string of the molecule is b1cc2ccccc2nn1. The Balaban J connectivity index is 2.89. The van der Waals surface area contributed by atoms with Crippen molar-refractivity contribution < 1.29 is 0 Å². The summed E-state index contributed by atoms with van der Waals surface area (Å²) in [5, 5.41) is 8.83. The molecule has 0 radical (unpaired) electrons. The Labute approximate surface area is 59.1 Å². The third-order valence-corrected chi connectivity index (χ3v) is 1.42. The molecule has 2 nitrogen and oxygen atoms in total. The second kappa shape index (κ2) is 2.18. The van der Waals surface area contributed by atoms with E-state index in [0.29, 0.717) is 0 Å². The molecule has 2 rings (SSSR count). The molecular formula is C7H5BN2. The van der Waals surface area contributed by atoms with Crippen LogP contribution in [0.25, 0.3) is 10.9 Å². The van der Waals surface area contributed by atoms with Gasteiger partial charge < -0.3 is 0 Å². The molecule has 1 aromatic heterocycles. The van der Waals surface area contributed by atoms with E-state index in [9.17, 15) is 0 Å². The monoisotopic (exact) mass is 128 g/mol. The quantitative estimate of drug-likeness (QED) is 0.528. The molecule has 0 saturated heterocycles. The molecule has 1 heterocycles. The average Bonchev–Trinajstić information content (AvgIpc) is 2.05. The predicted molar refractivity (Wildman–Crippen MR) is 40.9 cm³/mol. The molecule has 0 fully saturated rings. The summed E-state index contributed by atoms with van der Waals surface area (Å²) in [6, 6.07) is 7.91. The van der Waals surface area contributed by atoms with Crippen molar-refractivity contribution in [2.45, 2.75) is 0 Å². The molecule has 0 aliphatic heterocycles. The van der Waals surface area contributed by atoms with Gasteiger partial charge in [0.1, 0.15) is 0 Å². The van der Waals surface area contributed by atoms with Crippen LogP contribution < -0.4 is 0 Å². The summed E-state index contributed by atoms with van der Waals surface area (Å²) in [7, 11) is 1.70. The van der Waals surface area contributed by atoms with E-state index < -0.39 is 0 Å². The van der Waals surface area contributed by atoms with E-state index >= 15 is 0 Å². The second-order valence-electron chi connectivity index (χ2n) is 2.09. The number of fused-ring (bicyclic) bond motifs is 1. The van der Waals surface area contributed by atoms with Gasteiger partial charge in [0, 0.05) is 0 Å². The summed E-state index contributed by atoms with van der Waals surface area (Å²) in [5.41, 5.74) is 0.949. The minimum atomic E-state index is 0.949. The first-order valence-electron chi connectivity index (χ1n) is 3.13. The molecule has 0 aliphatic rings. The van der Waals surface area contributed by atoms with E-state index in [1.54, 1.807) is 7.05 Å². The minimum absolute atomic E-state index is 0.949. The van der Waals surface area contributed by atoms with Crippen LogP contribution in [0.1, 0.15) is 0 Å². The maximum atomic E-state index is 3.93. The third kappa shape index (κ3) is 0.797. The Kier molecular flexibility index (Phi) is 1.20. The number of hydrogen-bond acceptors (Lipinski definition) is 2. The Morgan fingerprint density at radius 1 is 1.20 bits per heavy atom. The van der Waals surface area contributed by atoms with Gasteiger partial charge in [-0.1, -0.05) is 0 Å². The summed E-state index contributed by atoms with van der Waals surface area (Å²) in [4.78, 5) is 0. The summed E-state index contributed by atoms with van der Waals surface area (Å²) < 4.78 is 0. The molecule has 0 aliphatic carbocycles. The van der Waals surface area contributed by atoms with Gasteiger partial charge in [-0.25, -0.2) is 0 Å². The molecule has 3 heteroatoms. The van der Waals surface area contributed by atoms with Crippen molar-refractivity contribution in [3.8, 4) is 0 Å². The molecule has 0 N–H and O–H groups in total. The molecule has 2 aromatic rings. The van der Waals surface area contributed by atoms with Crippen molar-refractivity contribution in [2.24, 2.45) is 0 Å². The van der Waals surface area contributed by atoms with Crippen molar-refractivity contribution in [3.63, 3.8) is 0 Å². The van der Waals surface area contributed by atoms with Crippen LogP contribution in [-0.2, 0) is 0 Å². The zero-order valence-corrected chi connectivity index (χ0v) is 5.36. The first kappa shape index (κ1) is 5.53. The molecule has 0 atom stereocenters. The first-order chi connectivity index (χ1) is 4.97. The molecular weight excluding hydrogens is 123 g/mol. The van der Waals surface area contributed by atoms with Crippen molar-refractivity contribution >= 4 is 18.0 Å². The van der Waals surface area contributed by atoms with Crippen LogP contribution in [0.4, 0.5) is 0 Å². The first-order valence-corrected chi connectivity index (χ1v) is 3.13. The number of nitrogens with zero attached hydrogens (tertiary/aromatic N) is 2. The van der Waals surface area contributed by atoms with Crippen molar-refractivity contribution in [2.75, 3.05) is 0 Å². The molecule has 0 bridgehead atoms. The Hall–Kier alpha value is -1.25. The summed E-state index contributed by atoms with van der Waals surface area (Å²) >= 11 is 0. The van der Waals surface area contributed by atoms with Gasteiger partial charge in [0.15, 0.2) is 0 Å².